The zero-order valence-electron chi connectivity index (χ0n) is 12.7. The number of aromatic amines is 1. The van der Waals surface area contributed by atoms with Gasteiger partial charge in [-0.15, -0.1) is 0 Å². The zero-order valence-corrected chi connectivity index (χ0v) is 12.7. The highest BCUT2D eigenvalue weighted by Gasteiger charge is 2.10. The van der Waals surface area contributed by atoms with Crippen molar-refractivity contribution in [3.63, 3.8) is 0 Å². The number of nitrogens with one attached hydrogen (secondary N) is 1. The van der Waals surface area contributed by atoms with Gasteiger partial charge in [0.25, 0.3) is 0 Å². The van der Waals surface area contributed by atoms with Crippen LogP contribution in [0.25, 0.3) is 10.9 Å². The number of H-pyrrole nitrogens is 1. The SMILES string of the molecule is CN(CCC(O)c1ccc2[nH]ncc2c1)Cc1ccccc1. The van der Waals surface area contributed by atoms with Crippen LogP contribution in [0.2, 0.25) is 0 Å². The first-order chi connectivity index (χ1) is 10.7. The van der Waals surface area contributed by atoms with E-state index in [1.807, 2.05) is 24.3 Å². The first-order valence-corrected chi connectivity index (χ1v) is 7.56. The molecule has 1 heterocycles. The number of benzene rings is 2. The van der Waals surface area contributed by atoms with Crippen LogP contribution in [-0.2, 0) is 6.54 Å². The standard InChI is InChI=1S/C18H21N3O/c1-21(13-14-5-3-2-4-6-14)10-9-18(22)15-7-8-17-16(11-15)12-19-20-17/h2-8,11-12,18,22H,9-10,13H2,1H3,(H,19,20). The van der Waals surface area contributed by atoms with Crippen molar-refractivity contribution in [1.29, 1.82) is 0 Å². The van der Waals surface area contributed by atoms with Gasteiger partial charge in [-0.05, 0) is 36.7 Å². The molecule has 2 aromatic carbocycles. The second kappa shape index (κ2) is 6.73. The molecule has 0 aliphatic heterocycles. The summed E-state index contributed by atoms with van der Waals surface area (Å²) in [6.07, 6.45) is 2.05. The lowest BCUT2D eigenvalue weighted by atomic mass is 10.0. The quantitative estimate of drug-likeness (QED) is 0.734. The maximum atomic E-state index is 10.4. The number of aliphatic hydroxyl groups excluding tert-OH is 1. The Morgan fingerprint density at radius 1 is 1.18 bits per heavy atom. The van der Waals surface area contributed by atoms with E-state index < -0.39 is 6.10 Å². The number of aliphatic hydroxyl groups is 1. The number of aromatic nitrogens is 2. The minimum Gasteiger partial charge on any atom is -0.388 e. The largest absolute Gasteiger partial charge is 0.388 e. The van der Waals surface area contributed by atoms with Crippen LogP contribution in [0.3, 0.4) is 0 Å². The lowest BCUT2D eigenvalue weighted by Crippen LogP contribution is -2.20. The van der Waals surface area contributed by atoms with Crippen LogP contribution >= 0.6 is 0 Å². The molecular weight excluding hydrogens is 274 g/mol. The van der Waals surface area contributed by atoms with Gasteiger partial charge in [-0.25, -0.2) is 0 Å². The monoisotopic (exact) mass is 295 g/mol. The molecule has 1 aromatic heterocycles. The predicted octanol–water partition coefficient (Wildman–Crippen LogP) is 3.12. The van der Waals surface area contributed by atoms with Gasteiger partial charge < -0.3 is 10.0 Å². The molecule has 3 aromatic rings. The van der Waals surface area contributed by atoms with Crippen LogP contribution in [0.1, 0.15) is 23.7 Å². The fourth-order valence-corrected chi connectivity index (χ4v) is 2.65. The zero-order chi connectivity index (χ0) is 15.4. The van der Waals surface area contributed by atoms with Gasteiger partial charge >= 0.3 is 0 Å². The molecule has 0 aliphatic carbocycles. The smallest absolute Gasteiger partial charge is 0.0802 e. The van der Waals surface area contributed by atoms with E-state index in [0.717, 1.165) is 29.6 Å². The summed E-state index contributed by atoms with van der Waals surface area (Å²) in [6.45, 7) is 1.74. The summed E-state index contributed by atoms with van der Waals surface area (Å²) >= 11 is 0. The van der Waals surface area contributed by atoms with Crippen molar-refractivity contribution in [1.82, 2.24) is 15.1 Å². The Bertz CT molecular complexity index is 723. The van der Waals surface area contributed by atoms with Crippen molar-refractivity contribution in [2.24, 2.45) is 0 Å². The van der Waals surface area contributed by atoms with Gasteiger partial charge in [0.1, 0.15) is 0 Å². The highest BCUT2D eigenvalue weighted by Crippen LogP contribution is 2.21. The van der Waals surface area contributed by atoms with Crippen molar-refractivity contribution in [3.05, 3.63) is 65.9 Å². The third-order valence-corrected chi connectivity index (χ3v) is 3.93. The van der Waals surface area contributed by atoms with Crippen LogP contribution in [0, 0.1) is 0 Å². The molecule has 114 valence electrons. The Morgan fingerprint density at radius 2 is 2.00 bits per heavy atom. The van der Waals surface area contributed by atoms with Gasteiger partial charge in [-0.3, -0.25) is 5.10 Å². The number of fused-ring (bicyclic) bond motifs is 1. The summed E-state index contributed by atoms with van der Waals surface area (Å²) in [5.41, 5.74) is 3.23. The molecule has 1 atom stereocenters. The second-order valence-corrected chi connectivity index (χ2v) is 5.74. The lowest BCUT2D eigenvalue weighted by molar-refractivity contribution is 0.148. The van der Waals surface area contributed by atoms with Crippen molar-refractivity contribution >= 4 is 10.9 Å². The average Bonchev–Trinajstić information content (AvgIpc) is 3.01. The summed E-state index contributed by atoms with van der Waals surface area (Å²) < 4.78 is 0. The van der Waals surface area contributed by atoms with Crippen LogP contribution in [-0.4, -0.2) is 33.8 Å². The Balaban J connectivity index is 1.56. The molecule has 3 rings (SSSR count). The second-order valence-electron chi connectivity index (χ2n) is 5.74. The van der Waals surface area contributed by atoms with E-state index in [4.69, 9.17) is 0 Å². The van der Waals surface area contributed by atoms with E-state index in [-0.39, 0.29) is 0 Å². The molecule has 0 fully saturated rings. The predicted molar refractivity (Wildman–Crippen MR) is 88.4 cm³/mol. The maximum absolute atomic E-state index is 10.4. The third-order valence-electron chi connectivity index (χ3n) is 3.93. The maximum Gasteiger partial charge on any atom is 0.0802 e. The van der Waals surface area contributed by atoms with Crippen LogP contribution in [0.4, 0.5) is 0 Å². The van der Waals surface area contributed by atoms with Gasteiger partial charge in [-0.2, -0.15) is 5.10 Å². The molecule has 0 saturated carbocycles. The average molecular weight is 295 g/mol. The Labute approximate surface area is 130 Å². The first kappa shape index (κ1) is 14.8. The molecule has 0 saturated heterocycles. The van der Waals surface area contributed by atoms with Gasteiger partial charge in [0.2, 0.25) is 0 Å². The number of rotatable bonds is 6. The summed E-state index contributed by atoms with van der Waals surface area (Å²) in [6, 6.07) is 16.3. The normalized spacial score (nSPS) is 12.9. The molecule has 22 heavy (non-hydrogen) atoms. The van der Waals surface area contributed by atoms with Gasteiger partial charge in [-0.1, -0.05) is 36.4 Å². The van der Waals surface area contributed by atoms with Crippen molar-refractivity contribution in [2.75, 3.05) is 13.6 Å². The van der Waals surface area contributed by atoms with E-state index in [1.165, 1.54) is 5.56 Å². The van der Waals surface area contributed by atoms with E-state index in [1.54, 1.807) is 6.20 Å². The third kappa shape index (κ3) is 3.53. The molecule has 0 amide bonds. The van der Waals surface area contributed by atoms with Crippen molar-refractivity contribution < 1.29 is 5.11 Å². The minimum atomic E-state index is -0.447. The summed E-state index contributed by atoms with van der Waals surface area (Å²) in [5.74, 6) is 0. The Kier molecular flexibility index (Phi) is 4.51. The molecule has 4 heteroatoms. The minimum absolute atomic E-state index is 0.447. The highest BCUT2D eigenvalue weighted by atomic mass is 16.3. The van der Waals surface area contributed by atoms with E-state index in [9.17, 15) is 5.11 Å². The molecule has 0 spiro atoms. The summed E-state index contributed by atoms with van der Waals surface area (Å²) in [7, 11) is 2.08. The number of hydrogen-bond acceptors (Lipinski definition) is 3. The van der Waals surface area contributed by atoms with Crippen molar-refractivity contribution in [2.45, 2.75) is 19.1 Å². The molecular formula is C18H21N3O. The Morgan fingerprint density at radius 3 is 2.82 bits per heavy atom. The van der Waals surface area contributed by atoms with Gasteiger partial charge in [0.05, 0.1) is 17.8 Å². The van der Waals surface area contributed by atoms with Gasteiger partial charge in [0.15, 0.2) is 0 Å². The molecule has 0 aliphatic rings. The molecule has 0 bridgehead atoms. The lowest BCUT2D eigenvalue weighted by Gasteiger charge is -2.19. The number of nitrogens with zero attached hydrogens (tertiary/aromatic N) is 2. The molecule has 2 N–H and O–H groups in total. The van der Waals surface area contributed by atoms with Crippen molar-refractivity contribution in [3.8, 4) is 0 Å². The van der Waals surface area contributed by atoms with E-state index in [0.29, 0.717) is 6.42 Å². The molecule has 4 nitrogen and oxygen atoms in total. The van der Waals surface area contributed by atoms with Crippen LogP contribution in [0.15, 0.2) is 54.7 Å². The Hall–Kier alpha value is -2.17. The summed E-state index contributed by atoms with van der Waals surface area (Å²) in [5, 5.41) is 18.3. The molecule has 0 radical (unpaired) electrons. The topological polar surface area (TPSA) is 52.1 Å². The van der Waals surface area contributed by atoms with Gasteiger partial charge in [0, 0.05) is 18.5 Å². The first-order valence-electron chi connectivity index (χ1n) is 7.56. The van der Waals surface area contributed by atoms with E-state index in [2.05, 4.69) is 46.4 Å². The van der Waals surface area contributed by atoms with Crippen LogP contribution in [0.5, 0.6) is 0 Å². The molecule has 1 unspecified atom stereocenters. The number of hydrogen-bond donors (Lipinski definition) is 2. The fourth-order valence-electron chi connectivity index (χ4n) is 2.65. The van der Waals surface area contributed by atoms with E-state index >= 15 is 0 Å². The fraction of sp³-hybridized carbons (Fsp3) is 0.278. The van der Waals surface area contributed by atoms with Crippen LogP contribution < -0.4 is 0 Å². The highest BCUT2D eigenvalue weighted by molar-refractivity contribution is 5.78. The summed E-state index contributed by atoms with van der Waals surface area (Å²) in [4.78, 5) is 2.23.